The lowest BCUT2D eigenvalue weighted by molar-refractivity contribution is 0.791. The van der Waals surface area contributed by atoms with E-state index in [-0.39, 0.29) is 10.7 Å². The zero-order valence-corrected chi connectivity index (χ0v) is 13.7. The predicted molar refractivity (Wildman–Crippen MR) is 92.1 cm³/mol. The highest BCUT2D eigenvalue weighted by molar-refractivity contribution is 8.12. The number of rotatable bonds is 7. The summed E-state index contributed by atoms with van der Waals surface area (Å²) in [6.07, 6.45) is 2.17. The van der Waals surface area contributed by atoms with Crippen LogP contribution in [0.1, 0.15) is 40.5 Å². The van der Waals surface area contributed by atoms with Gasteiger partial charge < -0.3 is 5.43 Å². The van der Waals surface area contributed by atoms with Gasteiger partial charge in [0.1, 0.15) is 0 Å². The van der Waals surface area contributed by atoms with Gasteiger partial charge in [0, 0.05) is 16.3 Å². The fourth-order valence-corrected chi connectivity index (χ4v) is 2.54. The van der Waals surface area contributed by atoms with Crippen LogP contribution >= 0.6 is 10.7 Å². The van der Waals surface area contributed by atoms with Gasteiger partial charge in [0.05, 0.1) is 5.70 Å². The molecular weight excluding hydrogens is 266 g/mol. The molecule has 0 heterocycles. The second-order valence-corrected chi connectivity index (χ2v) is 6.20. The van der Waals surface area contributed by atoms with Crippen molar-refractivity contribution in [3.05, 3.63) is 41.7 Å². The summed E-state index contributed by atoms with van der Waals surface area (Å²) < 4.78 is 0. The van der Waals surface area contributed by atoms with E-state index in [1.54, 1.807) is 0 Å². The van der Waals surface area contributed by atoms with Crippen molar-refractivity contribution in [3.63, 3.8) is 0 Å². The fraction of sp³-hybridized carbons (Fsp3) is 0.375. The summed E-state index contributed by atoms with van der Waals surface area (Å²) in [5.41, 5.74) is 6.40. The molecular formula is C16H25N3S. The van der Waals surface area contributed by atoms with Crippen molar-refractivity contribution in [1.82, 2.24) is 10.3 Å². The highest BCUT2D eigenvalue weighted by Gasteiger charge is 1.98. The molecule has 1 unspecified atom stereocenters. The van der Waals surface area contributed by atoms with Crippen molar-refractivity contribution in [1.29, 1.82) is 0 Å². The van der Waals surface area contributed by atoms with Gasteiger partial charge in [-0.2, -0.15) is 4.83 Å². The Balaban J connectivity index is 2.60. The average Bonchev–Trinajstić information content (AvgIpc) is 2.45. The zero-order chi connectivity index (χ0) is 15.0. The standard InChI is InChI=1S/C16H25N3S/c1-6-10-13(2)17-14(3)15(4)18-19-20(5)16-11-8-7-9-12-16/h7-9,11-12,18-19H,5-6,10H2,1-4H3/b15-14+,17-13?. The predicted octanol–water partition coefficient (Wildman–Crippen LogP) is 4.27. The van der Waals surface area contributed by atoms with Crippen LogP contribution in [0.3, 0.4) is 0 Å². The lowest BCUT2D eigenvalue weighted by Gasteiger charge is -2.13. The third kappa shape index (κ3) is 5.72. The first kappa shape index (κ1) is 16.7. The van der Waals surface area contributed by atoms with Gasteiger partial charge in [-0.25, -0.2) is 0 Å². The molecule has 0 amide bonds. The van der Waals surface area contributed by atoms with Gasteiger partial charge in [0.25, 0.3) is 0 Å². The monoisotopic (exact) mass is 291 g/mol. The Bertz CT molecular complexity index is 504. The first-order valence-corrected chi connectivity index (χ1v) is 8.26. The van der Waals surface area contributed by atoms with Crippen LogP contribution in [0.15, 0.2) is 51.6 Å². The maximum atomic E-state index is 4.59. The first-order chi connectivity index (χ1) is 9.54. The van der Waals surface area contributed by atoms with Crippen molar-refractivity contribution in [2.45, 2.75) is 45.4 Å². The molecule has 1 rings (SSSR count). The molecule has 0 aliphatic carbocycles. The van der Waals surface area contributed by atoms with Gasteiger partial charge in [-0.1, -0.05) is 48.1 Å². The first-order valence-electron chi connectivity index (χ1n) is 6.87. The summed E-state index contributed by atoms with van der Waals surface area (Å²) in [6, 6.07) is 10.2. The molecule has 0 radical (unpaired) electrons. The highest BCUT2D eigenvalue weighted by atomic mass is 32.2. The van der Waals surface area contributed by atoms with E-state index in [0.717, 1.165) is 24.2 Å². The molecule has 1 aromatic rings. The third-order valence-corrected chi connectivity index (χ3v) is 4.09. The van der Waals surface area contributed by atoms with Crippen LogP contribution < -0.4 is 10.3 Å². The lowest BCUT2D eigenvalue weighted by Crippen LogP contribution is -2.25. The molecule has 0 aliphatic rings. The number of allylic oxidation sites excluding steroid dienone is 2. The summed E-state index contributed by atoms with van der Waals surface area (Å²) in [5.74, 6) is 4.13. The number of aliphatic imine (C=N–C) groups is 1. The van der Waals surface area contributed by atoms with Gasteiger partial charge in [-0.15, -0.1) is 0 Å². The van der Waals surface area contributed by atoms with E-state index < -0.39 is 0 Å². The van der Waals surface area contributed by atoms with Crippen LogP contribution in [0.4, 0.5) is 0 Å². The molecule has 110 valence electrons. The summed E-state index contributed by atoms with van der Waals surface area (Å²) in [7, 11) is -0.280. The molecule has 1 aromatic carbocycles. The van der Waals surface area contributed by atoms with Crippen LogP contribution in [0.5, 0.6) is 0 Å². The van der Waals surface area contributed by atoms with Gasteiger partial charge in [-0.3, -0.25) is 4.99 Å². The van der Waals surface area contributed by atoms with Gasteiger partial charge in [0.2, 0.25) is 0 Å². The average molecular weight is 291 g/mol. The lowest BCUT2D eigenvalue weighted by atomic mass is 10.2. The topological polar surface area (TPSA) is 36.4 Å². The van der Waals surface area contributed by atoms with E-state index >= 15 is 0 Å². The Labute approximate surface area is 125 Å². The van der Waals surface area contributed by atoms with E-state index in [9.17, 15) is 0 Å². The maximum Gasteiger partial charge on any atom is 0.0572 e. The molecule has 0 spiro atoms. The number of hydrogen-bond acceptors (Lipinski definition) is 3. The van der Waals surface area contributed by atoms with E-state index in [0.29, 0.717) is 0 Å². The minimum absolute atomic E-state index is 0.280. The molecule has 0 aromatic heterocycles. The third-order valence-electron chi connectivity index (χ3n) is 2.90. The minimum atomic E-state index is -0.280. The van der Waals surface area contributed by atoms with Gasteiger partial charge >= 0.3 is 0 Å². The summed E-state index contributed by atoms with van der Waals surface area (Å²) >= 11 is 0. The Morgan fingerprint density at radius 1 is 1.20 bits per heavy atom. The second-order valence-electron chi connectivity index (χ2n) is 4.74. The number of benzene rings is 1. The van der Waals surface area contributed by atoms with Crippen molar-refractivity contribution < 1.29 is 0 Å². The van der Waals surface area contributed by atoms with E-state index in [2.05, 4.69) is 47.1 Å². The Morgan fingerprint density at radius 3 is 2.45 bits per heavy atom. The van der Waals surface area contributed by atoms with Gasteiger partial charge in [-0.05, 0) is 39.3 Å². The van der Waals surface area contributed by atoms with Crippen molar-refractivity contribution in [2.24, 2.45) is 4.99 Å². The minimum Gasteiger partial charge on any atom is -0.315 e. The molecule has 3 nitrogen and oxygen atoms in total. The molecule has 0 saturated heterocycles. The molecule has 0 fully saturated rings. The largest absolute Gasteiger partial charge is 0.315 e. The van der Waals surface area contributed by atoms with Crippen LogP contribution in [-0.2, 0) is 0 Å². The SMILES string of the molecule is C=S(NN/C(C)=C(\C)N=C(C)CCC)c1ccccc1. The van der Waals surface area contributed by atoms with Crippen LogP contribution in [0.25, 0.3) is 0 Å². The van der Waals surface area contributed by atoms with E-state index in [1.165, 1.54) is 10.6 Å². The molecule has 2 N–H and O–H groups in total. The van der Waals surface area contributed by atoms with Crippen LogP contribution in [0.2, 0.25) is 0 Å². The highest BCUT2D eigenvalue weighted by Crippen LogP contribution is 2.18. The molecule has 0 saturated carbocycles. The molecule has 20 heavy (non-hydrogen) atoms. The fourth-order valence-electron chi connectivity index (χ4n) is 1.66. The summed E-state index contributed by atoms with van der Waals surface area (Å²) in [6.45, 7) is 8.28. The molecule has 0 aliphatic heterocycles. The zero-order valence-electron chi connectivity index (χ0n) is 12.9. The molecule has 1 atom stereocenters. The number of hydrazine groups is 1. The van der Waals surface area contributed by atoms with E-state index in [4.69, 9.17) is 0 Å². The summed E-state index contributed by atoms with van der Waals surface area (Å²) in [5, 5.41) is 0. The number of hydrogen-bond donors (Lipinski definition) is 2. The van der Waals surface area contributed by atoms with Crippen LogP contribution in [-0.4, -0.2) is 11.6 Å². The van der Waals surface area contributed by atoms with Crippen molar-refractivity contribution >= 4 is 22.3 Å². The molecule has 0 bridgehead atoms. The Hall–Kier alpha value is -1.39. The normalized spacial score (nSPS) is 14.7. The summed E-state index contributed by atoms with van der Waals surface area (Å²) in [4.78, 5) is 9.00. The Kier molecular flexibility index (Phi) is 7.26. The smallest absolute Gasteiger partial charge is 0.0572 e. The van der Waals surface area contributed by atoms with E-state index in [1.807, 2.05) is 32.0 Å². The van der Waals surface area contributed by atoms with Crippen LogP contribution in [0, 0.1) is 0 Å². The second kappa shape index (κ2) is 8.72. The number of nitrogens with zero attached hydrogens (tertiary/aromatic N) is 1. The number of nitrogens with one attached hydrogen (secondary N) is 2. The molecule has 4 heteroatoms. The Morgan fingerprint density at radius 2 is 1.85 bits per heavy atom. The maximum absolute atomic E-state index is 4.59. The quantitative estimate of drug-likeness (QED) is 0.447. The van der Waals surface area contributed by atoms with Crippen molar-refractivity contribution in [3.8, 4) is 0 Å². The van der Waals surface area contributed by atoms with Gasteiger partial charge in [0.15, 0.2) is 0 Å². The van der Waals surface area contributed by atoms with Crippen molar-refractivity contribution in [2.75, 3.05) is 0 Å².